The fraction of sp³-hybridized carbons (Fsp3) is 0.533. The van der Waals surface area contributed by atoms with Crippen molar-refractivity contribution in [2.24, 2.45) is 5.92 Å². The molecular weight excluding hydrogens is 320 g/mol. The topological polar surface area (TPSA) is 93.7 Å². The molecule has 8 heteroatoms. The Kier molecular flexibility index (Phi) is 8.01. The Balaban J connectivity index is 2.51. The number of carbonyl (C=O) groups is 1. The Morgan fingerprint density at radius 2 is 1.87 bits per heavy atom. The van der Waals surface area contributed by atoms with Crippen molar-refractivity contribution in [2.45, 2.75) is 25.3 Å². The maximum absolute atomic E-state index is 12.0. The van der Waals surface area contributed by atoms with E-state index in [1.165, 1.54) is 19.2 Å². The summed E-state index contributed by atoms with van der Waals surface area (Å²) in [6.07, 6.45) is -0.489. The Morgan fingerprint density at radius 1 is 1.22 bits per heavy atom. The number of nitrogens with one attached hydrogen (secondary N) is 2. The van der Waals surface area contributed by atoms with Crippen LogP contribution in [0, 0.1) is 5.92 Å². The highest BCUT2D eigenvalue weighted by Gasteiger charge is 2.13. The van der Waals surface area contributed by atoms with Gasteiger partial charge < -0.3 is 14.8 Å². The molecule has 1 amide bonds. The van der Waals surface area contributed by atoms with Gasteiger partial charge in [-0.3, -0.25) is 0 Å². The summed E-state index contributed by atoms with van der Waals surface area (Å²) in [5.74, 6) is 0.274. The lowest BCUT2D eigenvalue weighted by Gasteiger charge is -2.10. The first-order chi connectivity index (χ1) is 10.8. The zero-order valence-corrected chi connectivity index (χ0v) is 14.5. The van der Waals surface area contributed by atoms with Crippen LogP contribution in [0.2, 0.25) is 0 Å². The molecule has 0 saturated heterocycles. The molecule has 2 N–H and O–H groups in total. The number of sulfonamides is 1. The summed E-state index contributed by atoms with van der Waals surface area (Å²) in [5, 5.41) is 2.61. The van der Waals surface area contributed by atoms with Gasteiger partial charge in [-0.25, -0.2) is 17.9 Å². The van der Waals surface area contributed by atoms with Crippen molar-refractivity contribution in [3.8, 4) is 0 Å². The molecule has 0 fully saturated rings. The summed E-state index contributed by atoms with van der Waals surface area (Å²) < 4.78 is 36.2. The normalized spacial score (nSPS) is 11.5. The first-order valence-electron chi connectivity index (χ1n) is 7.33. The van der Waals surface area contributed by atoms with E-state index in [1.54, 1.807) is 12.1 Å². The van der Waals surface area contributed by atoms with Crippen molar-refractivity contribution in [3.05, 3.63) is 29.8 Å². The Bertz CT molecular complexity index is 584. The van der Waals surface area contributed by atoms with Gasteiger partial charge in [0.25, 0.3) is 0 Å². The monoisotopic (exact) mass is 344 g/mol. The molecule has 0 saturated carbocycles. The van der Waals surface area contributed by atoms with Gasteiger partial charge in [-0.2, -0.15) is 0 Å². The molecule has 1 rings (SSSR count). The van der Waals surface area contributed by atoms with E-state index in [-0.39, 0.29) is 23.9 Å². The molecule has 0 aliphatic carbocycles. The fourth-order valence-electron chi connectivity index (χ4n) is 1.62. The molecule has 1 aromatic carbocycles. The number of ether oxygens (including phenoxy) is 2. The number of hydrogen-bond donors (Lipinski definition) is 2. The molecule has 7 nitrogen and oxygen atoms in total. The van der Waals surface area contributed by atoms with E-state index in [9.17, 15) is 13.2 Å². The van der Waals surface area contributed by atoms with E-state index >= 15 is 0 Å². The zero-order valence-electron chi connectivity index (χ0n) is 13.7. The van der Waals surface area contributed by atoms with Crippen LogP contribution >= 0.6 is 0 Å². The van der Waals surface area contributed by atoms with Gasteiger partial charge in [0, 0.05) is 20.2 Å². The van der Waals surface area contributed by atoms with E-state index in [2.05, 4.69) is 10.0 Å². The van der Waals surface area contributed by atoms with Crippen LogP contribution in [-0.4, -0.2) is 41.4 Å². The minimum Gasteiger partial charge on any atom is -0.449 e. The second kappa shape index (κ2) is 9.49. The summed E-state index contributed by atoms with van der Waals surface area (Å²) in [7, 11) is -2.04. The first kappa shape index (κ1) is 19.4. The maximum Gasteiger partial charge on any atom is 0.407 e. The van der Waals surface area contributed by atoms with Crippen molar-refractivity contribution < 1.29 is 22.7 Å². The SMILES string of the molecule is COCCNS(=O)(=O)c1ccc(CNC(=O)OCC(C)C)cc1. The van der Waals surface area contributed by atoms with E-state index in [0.29, 0.717) is 13.2 Å². The van der Waals surface area contributed by atoms with Crippen molar-refractivity contribution in [1.82, 2.24) is 10.0 Å². The lowest BCUT2D eigenvalue weighted by Crippen LogP contribution is -2.27. The third-order valence-corrected chi connectivity index (χ3v) is 4.29. The van der Waals surface area contributed by atoms with Gasteiger partial charge in [-0.05, 0) is 23.6 Å². The number of alkyl carbamates (subject to hydrolysis) is 1. The van der Waals surface area contributed by atoms with Crippen molar-refractivity contribution in [2.75, 3.05) is 26.9 Å². The Morgan fingerprint density at radius 3 is 2.43 bits per heavy atom. The second-order valence-electron chi connectivity index (χ2n) is 5.38. The highest BCUT2D eigenvalue weighted by atomic mass is 32.2. The molecule has 0 aliphatic rings. The van der Waals surface area contributed by atoms with Gasteiger partial charge in [-0.15, -0.1) is 0 Å². The van der Waals surface area contributed by atoms with Gasteiger partial charge in [0.1, 0.15) is 0 Å². The summed E-state index contributed by atoms with van der Waals surface area (Å²) in [6, 6.07) is 6.28. The third-order valence-electron chi connectivity index (χ3n) is 2.82. The predicted molar refractivity (Wildman–Crippen MR) is 86.5 cm³/mol. The highest BCUT2D eigenvalue weighted by molar-refractivity contribution is 7.89. The number of benzene rings is 1. The van der Waals surface area contributed by atoms with Crippen LogP contribution in [0.15, 0.2) is 29.2 Å². The van der Waals surface area contributed by atoms with Crippen molar-refractivity contribution >= 4 is 16.1 Å². The molecule has 0 heterocycles. The number of amides is 1. The van der Waals surface area contributed by atoms with Crippen LogP contribution in [-0.2, 0) is 26.0 Å². The number of rotatable bonds is 9. The summed E-state index contributed by atoms with van der Waals surface area (Å²) in [4.78, 5) is 11.6. The molecule has 0 radical (unpaired) electrons. The molecule has 23 heavy (non-hydrogen) atoms. The van der Waals surface area contributed by atoms with E-state index in [1.807, 2.05) is 13.8 Å². The average molecular weight is 344 g/mol. The van der Waals surface area contributed by atoms with Crippen molar-refractivity contribution in [1.29, 1.82) is 0 Å². The molecule has 0 spiro atoms. The van der Waals surface area contributed by atoms with E-state index in [0.717, 1.165) is 5.56 Å². The van der Waals surface area contributed by atoms with Gasteiger partial charge in [0.2, 0.25) is 10.0 Å². The predicted octanol–water partition coefficient (Wildman–Crippen LogP) is 1.49. The number of hydrogen-bond acceptors (Lipinski definition) is 5. The molecule has 0 aromatic heterocycles. The van der Waals surface area contributed by atoms with Gasteiger partial charge >= 0.3 is 6.09 Å². The summed E-state index contributed by atoms with van der Waals surface area (Å²) in [6.45, 7) is 5.05. The van der Waals surface area contributed by atoms with E-state index in [4.69, 9.17) is 9.47 Å². The highest BCUT2D eigenvalue weighted by Crippen LogP contribution is 2.10. The minimum atomic E-state index is -3.54. The van der Waals surface area contributed by atoms with Gasteiger partial charge in [-0.1, -0.05) is 26.0 Å². The lowest BCUT2D eigenvalue weighted by atomic mass is 10.2. The van der Waals surface area contributed by atoms with Crippen LogP contribution in [0.1, 0.15) is 19.4 Å². The quantitative estimate of drug-likeness (QED) is 0.662. The molecule has 1 aromatic rings. The maximum atomic E-state index is 12.0. The molecule has 0 bridgehead atoms. The van der Waals surface area contributed by atoms with Crippen LogP contribution in [0.3, 0.4) is 0 Å². The fourth-order valence-corrected chi connectivity index (χ4v) is 2.63. The number of methoxy groups -OCH3 is 1. The molecule has 0 aliphatic heterocycles. The van der Waals surface area contributed by atoms with Crippen LogP contribution < -0.4 is 10.0 Å². The molecule has 0 unspecified atom stereocenters. The first-order valence-corrected chi connectivity index (χ1v) is 8.81. The Labute approximate surface area is 137 Å². The van der Waals surface area contributed by atoms with Crippen LogP contribution in [0.25, 0.3) is 0 Å². The summed E-state index contributed by atoms with van der Waals surface area (Å²) >= 11 is 0. The van der Waals surface area contributed by atoms with Gasteiger partial charge in [0.05, 0.1) is 18.1 Å². The minimum absolute atomic E-state index is 0.166. The van der Waals surface area contributed by atoms with Gasteiger partial charge in [0.15, 0.2) is 0 Å². The van der Waals surface area contributed by atoms with Crippen LogP contribution in [0.4, 0.5) is 4.79 Å². The largest absolute Gasteiger partial charge is 0.449 e. The smallest absolute Gasteiger partial charge is 0.407 e. The summed E-state index contributed by atoms with van der Waals surface area (Å²) in [5.41, 5.74) is 0.780. The Hall–Kier alpha value is -1.64. The average Bonchev–Trinajstić information content (AvgIpc) is 2.51. The van der Waals surface area contributed by atoms with Crippen LogP contribution in [0.5, 0.6) is 0 Å². The number of carbonyl (C=O) groups excluding carboxylic acids is 1. The van der Waals surface area contributed by atoms with Crippen molar-refractivity contribution in [3.63, 3.8) is 0 Å². The third kappa shape index (κ3) is 7.45. The lowest BCUT2D eigenvalue weighted by molar-refractivity contribution is 0.132. The standard InChI is InChI=1S/C15H24N2O5S/c1-12(2)11-22-15(18)16-10-13-4-6-14(7-5-13)23(19,20)17-8-9-21-3/h4-7,12,17H,8-11H2,1-3H3,(H,16,18). The molecule has 130 valence electrons. The zero-order chi connectivity index (χ0) is 17.3. The molecule has 0 atom stereocenters. The second-order valence-corrected chi connectivity index (χ2v) is 7.15. The molecular formula is C15H24N2O5S. The van der Waals surface area contributed by atoms with E-state index < -0.39 is 16.1 Å².